The van der Waals surface area contributed by atoms with Gasteiger partial charge in [0, 0.05) is 28.7 Å². The van der Waals surface area contributed by atoms with E-state index in [1.165, 1.54) is 18.2 Å². The highest BCUT2D eigenvalue weighted by atomic mass is 79.9. The van der Waals surface area contributed by atoms with E-state index in [9.17, 15) is 14.0 Å². The topological polar surface area (TPSA) is 79.8 Å². The van der Waals surface area contributed by atoms with E-state index in [4.69, 9.17) is 0 Å². The first-order valence-corrected chi connectivity index (χ1v) is 8.14. The minimum Gasteiger partial charge on any atom is -0.319 e. The molecule has 0 spiro atoms. The van der Waals surface area contributed by atoms with Crippen molar-refractivity contribution in [1.29, 1.82) is 0 Å². The number of carbonyl (C=O) groups is 1. The van der Waals surface area contributed by atoms with Gasteiger partial charge in [-0.25, -0.2) is 4.39 Å². The molecule has 3 aromatic rings. The van der Waals surface area contributed by atoms with Crippen LogP contribution >= 0.6 is 15.9 Å². The van der Waals surface area contributed by atoms with Crippen LogP contribution in [0.25, 0.3) is 11.0 Å². The quantitative estimate of drug-likeness (QED) is 0.714. The number of H-pyrrole nitrogens is 1. The van der Waals surface area contributed by atoms with Gasteiger partial charge in [0.1, 0.15) is 5.82 Å². The summed E-state index contributed by atoms with van der Waals surface area (Å²) in [5.41, 5.74) is 0.0825. The Labute approximate surface area is 144 Å². The molecule has 1 aromatic carbocycles. The Bertz CT molecular complexity index is 980. The molecule has 1 amide bonds. The molecule has 6 nitrogen and oxygen atoms in total. The summed E-state index contributed by atoms with van der Waals surface area (Å²) >= 11 is 3.16. The van der Waals surface area contributed by atoms with Crippen LogP contribution in [-0.2, 0) is 6.54 Å². The number of aryl methyl sites for hydroxylation is 1. The average Bonchev–Trinajstić information content (AvgIpc) is 2.91. The van der Waals surface area contributed by atoms with Crippen molar-refractivity contribution in [1.82, 2.24) is 14.8 Å². The van der Waals surface area contributed by atoms with Crippen molar-refractivity contribution in [2.45, 2.75) is 19.9 Å². The molecule has 24 heavy (non-hydrogen) atoms. The van der Waals surface area contributed by atoms with Crippen molar-refractivity contribution in [2.75, 3.05) is 5.32 Å². The smallest absolute Gasteiger partial charge is 0.256 e. The number of anilines is 1. The predicted molar refractivity (Wildman–Crippen MR) is 92.7 cm³/mol. The van der Waals surface area contributed by atoms with Gasteiger partial charge in [-0.15, -0.1) is 0 Å². The van der Waals surface area contributed by atoms with Crippen LogP contribution < -0.4 is 10.9 Å². The van der Waals surface area contributed by atoms with Gasteiger partial charge in [0.2, 0.25) is 5.56 Å². The third-order valence-electron chi connectivity index (χ3n) is 3.45. The Morgan fingerprint density at radius 2 is 2.21 bits per heavy atom. The molecule has 0 aliphatic heterocycles. The van der Waals surface area contributed by atoms with E-state index >= 15 is 0 Å². The molecule has 0 radical (unpaired) electrons. The van der Waals surface area contributed by atoms with Gasteiger partial charge in [0.05, 0.1) is 11.3 Å². The van der Waals surface area contributed by atoms with Crippen LogP contribution in [0, 0.1) is 5.82 Å². The molecule has 0 aliphatic carbocycles. The van der Waals surface area contributed by atoms with E-state index in [2.05, 4.69) is 31.3 Å². The number of aromatic amines is 1. The van der Waals surface area contributed by atoms with Gasteiger partial charge >= 0.3 is 0 Å². The molecular weight excluding hydrogens is 379 g/mol. The first-order chi connectivity index (χ1) is 11.5. The van der Waals surface area contributed by atoms with Crippen molar-refractivity contribution < 1.29 is 9.18 Å². The SMILES string of the molecule is CCCn1cc2c(C(=O)Nc3ccc(Br)cc3F)cc(=O)[nH]c2n1. The summed E-state index contributed by atoms with van der Waals surface area (Å²) in [5.74, 6) is -1.14. The summed E-state index contributed by atoms with van der Waals surface area (Å²) in [7, 11) is 0. The highest BCUT2D eigenvalue weighted by Gasteiger charge is 2.16. The van der Waals surface area contributed by atoms with E-state index in [-0.39, 0.29) is 11.3 Å². The monoisotopic (exact) mass is 392 g/mol. The van der Waals surface area contributed by atoms with Crippen LogP contribution in [0.2, 0.25) is 0 Å². The second-order valence-corrected chi connectivity index (χ2v) is 6.20. The molecule has 0 fully saturated rings. The van der Waals surface area contributed by atoms with Gasteiger partial charge in [0.15, 0.2) is 5.65 Å². The maximum atomic E-state index is 13.9. The van der Waals surface area contributed by atoms with Gasteiger partial charge in [-0.3, -0.25) is 14.3 Å². The molecule has 2 aromatic heterocycles. The normalized spacial score (nSPS) is 11.0. The third-order valence-corrected chi connectivity index (χ3v) is 3.94. The summed E-state index contributed by atoms with van der Waals surface area (Å²) < 4.78 is 16.1. The number of hydrogen-bond donors (Lipinski definition) is 2. The largest absolute Gasteiger partial charge is 0.319 e. The van der Waals surface area contributed by atoms with Crippen LogP contribution in [0.5, 0.6) is 0 Å². The summed E-state index contributed by atoms with van der Waals surface area (Å²) in [6.07, 6.45) is 2.56. The summed E-state index contributed by atoms with van der Waals surface area (Å²) in [4.78, 5) is 26.9. The fourth-order valence-corrected chi connectivity index (χ4v) is 2.72. The number of nitrogens with one attached hydrogen (secondary N) is 2. The van der Waals surface area contributed by atoms with Crippen molar-refractivity contribution in [3.63, 3.8) is 0 Å². The van der Waals surface area contributed by atoms with Crippen molar-refractivity contribution in [3.8, 4) is 0 Å². The minimum absolute atomic E-state index is 0.0394. The first kappa shape index (κ1) is 16.4. The Morgan fingerprint density at radius 3 is 2.92 bits per heavy atom. The van der Waals surface area contributed by atoms with Crippen LogP contribution in [0.3, 0.4) is 0 Å². The Kier molecular flexibility index (Phi) is 4.48. The standard InChI is InChI=1S/C16H14BrFN4O2/c1-2-5-22-8-11-10(7-14(23)20-15(11)21-22)16(24)19-13-4-3-9(17)6-12(13)18/h3-4,6-8H,2,5H2,1H3,(H,19,24)(H,20,21,23). The Hall–Kier alpha value is -2.48. The van der Waals surface area contributed by atoms with Gasteiger partial charge < -0.3 is 10.3 Å². The molecule has 8 heteroatoms. The van der Waals surface area contributed by atoms with Gasteiger partial charge in [0.25, 0.3) is 5.91 Å². The molecular formula is C16H14BrFN4O2. The van der Waals surface area contributed by atoms with E-state index in [0.717, 1.165) is 6.42 Å². The lowest BCUT2D eigenvalue weighted by atomic mass is 10.1. The Morgan fingerprint density at radius 1 is 1.42 bits per heavy atom. The zero-order valence-electron chi connectivity index (χ0n) is 12.8. The van der Waals surface area contributed by atoms with Crippen molar-refractivity contribution >= 4 is 38.6 Å². The number of benzene rings is 1. The van der Waals surface area contributed by atoms with Crippen molar-refractivity contribution in [3.05, 3.63) is 56.7 Å². The number of pyridine rings is 1. The van der Waals surface area contributed by atoms with E-state index < -0.39 is 17.3 Å². The lowest BCUT2D eigenvalue weighted by Crippen LogP contribution is -2.17. The van der Waals surface area contributed by atoms with Gasteiger partial charge in [-0.1, -0.05) is 22.9 Å². The fourth-order valence-electron chi connectivity index (χ4n) is 2.38. The zero-order chi connectivity index (χ0) is 17.3. The maximum absolute atomic E-state index is 13.9. The molecule has 124 valence electrons. The van der Waals surface area contributed by atoms with Gasteiger partial charge in [-0.05, 0) is 24.6 Å². The fraction of sp³-hybridized carbons (Fsp3) is 0.188. The maximum Gasteiger partial charge on any atom is 0.256 e. The minimum atomic E-state index is -0.569. The number of nitrogens with zero attached hydrogens (tertiary/aromatic N) is 2. The number of aromatic nitrogens is 3. The van der Waals surface area contributed by atoms with Crippen LogP contribution in [-0.4, -0.2) is 20.7 Å². The molecule has 0 unspecified atom stereocenters. The third kappa shape index (κ3) is 3.23. The van der Waals surface area contributed by atoms with E-state index in [1.807, 2.05) is 6.92 Å². The predicted octanol–water partition coefficient (Wildman–Crippen LogP) is 3.29. The number of halogens is 2. The number of amides is 1. The van der Waals surface area contributed by atoms with Gasteiger partial charge in [-0.2, -0.15) is 5.10 Å². The zero-order valence-corrected chi connectivity index (χ0v) is 14.4. The first-order valence-electron chi connectivity index (χ1n) is 7.35. The number of fused-ring (bicyclic) bond motifs is 1. The highest BCUT2D eigenvalue weighted by Crippen LogP contribution is 2.21. The molecule has 0 aliphatic rings. The average molecular weight is 393 g/mol. The van der Waals surface area contributed by atoms with Crippen LogP contribution in [0.4, 0.5) is 10.1 Å². The molecule has 0 atom stereocenters. The van der Waals surface area contributed by atoms with E-state index in [0.29, 0.717) is 22.1 Å². The molecule has 2 N–H and O–H groups in total. The molecule has 0 bridgehead atoms. The highest BCUT2D eigenvalue weighted by molar-refractivity contribution is 9.10. The lowest BCUT2D eigenvalue weighted by molar-refractivity contribution is 0.102. The lowest BCUT2D eigenvalue weighted by Gasteiger charge is -2.07. The molecule has 3 rings (SSSR count). The second-order valence-electron chi connectivity index (χ2n) is 5.28. The second kappa shape index (κ2) is 6.56. The molecule has 2 heterocycles. The Balaban J connectivity index is 2.01. The summed E-state index contributed by atoms with van der Waals surface area (Å²) in [6, 6.07) is 5.50. The number of hydrogen-bond acceptors (Lipinski definition) is 3. The molecule has 0 saturated carbocycles. The summed E-state index contributed by atoms with van der Waals surface area (Å²) in [6.45, 7) is 2.66. The van der Waals surface area contributed by atoms with Crippen molar-refractivity contribution in [2.24, 2.45) is 0 Å². The number of rotatable bonds is 4. The molecule has 0 saturated heterocycles. The number of carbonyl (C=O) groups excluding carboxylic acids is 1. The summed E-state index contributed by atoms with van der Waals surface area (Å²) in [5, 5.41) is 7.25. The van der Waals surface area contributed by atoms with E-state index in [1.54, 1.807) is 16.9 Å². The van der Waals surface area contributed by atoms with Crippen LogP contribution in [0.1, 0.15) is 23.7 Å². The van der Waals surface area contributed by atoms with Crippen LogP contribution in [0.15, 0.2) is 39.7 Å².